The quantitative estimate of drug-likeness (QED) is 0.610. The fraction of sp³-hybridized carbons (Fsp3) is 0.875. The summed E-state index contributed by atoms with van der Waals surface area (Å²) in [6.45, 7) is 11.6. The molecule has 0 aromatic rings. The average Bonchev–Trinajstić information content (AvgIpc) is 2.26. The van der Waals surface area contributed by atoms with E-state index in [9.17, 15) is 0 Å². The third-order valence-electron chi connectivity index (χ3n) is 5.42. The highest BCUT2D eigenvalue weighted by Gasteiger charge is 2.45. The predicted octanol–water partition coefficient (Wildman–Crippen LogP) is 4.79. The van der Waals surface area contributed by atoms with E-state index in [1.807, 2.05) is 7.05 Å². The van der Waals surface area contributed by atoms with E-state index in [4.69, 9.17) is 5.32 Å². The van der Waals surface area contributed by atoms with Crippen molar-refractivity contribution in [1.29, 1.82) is 0 Å². The fourth-order valence-electron chi connectivity index (χ4n) is 4.44. The van der Waals surface area contributed by atoms with Crippen LogP contribution in [0.2, 0.25) is 0 Å². The van der Waals surface area contributed by atoms with Crippen molar-refractivity contribution < 1.29 is 0 Å². The summed E-state index contributed by atoms with van der Waals surface area (Å²) in [6.07, 6.45) is 6.70. The minimum absolute atomic E-state index is 0.491. The van der Waals surface area contributed by atoms with Crippen molar-refractivity contribution in [3.05, 3.63) is 17.5 Å². The average molecular weight is 234 g/mol. The Morgan fingerprint density at radius 3 is 2.65 bits per heavy atom. The van der Waals surface area contributed by atoms with Gasteiger partial charge in [-0.25, -0.2) is 0 Å². The van der Waals surface area contributed by atoms with Gasteiger partial charge >= 0.3 is 0 Å². The van der Waals surface area contributed by atoms with Crippen molar-refractivity contribution in [3.63, 3.8) is 0 Å². The predicted molar refractivity (Wildman–Crippen MR) is 75.2 cm³/mol. The standard InChI is InChI=1S/C16H28N/c1-11(2)13-8-10-16(4)9-6-7-12(3)14(16)15(13)17-5/h11,13-15H,3,6-10H2,1-2,4-5H3/q-1. The molecular weight excluding hydrogens is 206 g/mol. The van der Waals surface area contributed by atoms with Crippen molar-refractivity contribution in [2.45, 2.75) is 58.9 Å². The first-order valence-electron chi connectivity index (χ1n) is 7.26. The lowest BCUT2D eigenvalue weighted by Gasteiger charge is -2.59. The van der Waals surface area contributed by atoms with Crippen LogP contribution < -0.4 is 0 Å². The van der Waals surface area contributed by atoms with Gasteiger partial charge < -0.3 is 5.32 Å². The molecule has 0 saturated heterocycles. The van der Waals surface area contributed by atoms with Gasteiger partial charge in [-0.15, -0.1) is 6.04 Å². The molecule has 0 radical (unpaired) electrons. The van der Waals surface area contributed by atoms with Gasteiger partial charge in [0.15, 0.2) is 0 Å². The number of hydrogen-bond donors (Lipinski definition) is 0. The van der Waals surface area contributed by atoms with Crippen molar-refractivity contribution in [3.8, 4) is 0 Å². The minimum atomic E-state index is 0.491. The Kier molecular flexibility index (Phi) is 3.68. The Morgan fingerprint density at radius 1 is 1.35 bits per heavy atom. The molecule has 4 atom stereocenters. The van der Waals surface area contributed by atoms with E-state index in [-0.39, 0.29) is 0 Å². The van der Waals surface area contributed by atoms with E-state index in [0.29, 0.717) is 17.4 Å². The van der Waals surface area contributed by atoms with Gasteiger partial charge in [-0.3, -0.25) is 0 Å². The normalized spacial score (nSPS) is 42.6. The van der Waals surface area contributed by atoms with Gasteiger partial charge in [-0.2, -0.15) is 7.05 Å². The van der Waals surface area contributed by atoms with Crippen molar-refractivity contribution in [1.82, 2.24) is 0 Å². The summed E-state index contributed by atoms with van der Waals surface area (Å²) >= 11 is 0. The molecule has 0 amide bonds. The lowest BCUT2D eigenvalue weighted by atomic mass is 9.53. The van der Waals surface area contributed by atoms with E-state index < -0.39 is 0 Å². The van der Waals surface area contributed by atoms with Gasteiger partial charge in [-0.1, -0.05) is 45.3 Å². The Bertz CT molecular complexity index is 294. The highest BCUT2D eigenvalue weighted by atomic mass is 14.9. The molecule has 0 spiro atoms. The second-order valence-electron chi connectivity index (χ2n) is 6.84. The molecule has 0 aromatic carbocycles. The highest BCUT2D eigenvalue weighted by molar-refractivity contribution is 5.20. The second kappa shape index (κ2) is 4.76. The number of fused-ring (bicyclic) bond motifs is 1. The van der Waals surface area contributed by atoms with Crippen LogP contribution >= 0.6 is 0 Å². The fourth-order valence-corrected chi connectivity index (χ4v) is 4.44. The Balaban J connectivity index is 2.28. The molecule has 2 saturated carbocycles. The minimum Gasteiger partial charge on any atom is -0.662 e. The third kappa shape index (κ3) is 2.19. The zero-order chi connectivity index (χ0) is 12.6. The number of hydrogen-bond acceptors (Lipinski definition) is 0. The molecule has 0 bridgehead atoms. The van der Waals surface area contributed by atoms with Gasteiger partial charge in [0.2, 0.25) is 0 Å². The molecule has 4 unspecified atom stereocenters. The molecule has 2 aliphatic rings. The van der Waals surface area contributed by atoms with Gasteiger partial charge in [0.05, 0.1) is 0 Å². The van der Waals surface area contributed by atoms with Gasteiger partial charge in [0, 0.05) is 0 Å². The summed E-state index contributed by atoms with van der Waals surface area (Å²) in [5.41, 5.74) is 1.98. The van der Waals surface area contributed by atoms with E-state index in [0.717, 1.165) is 11.8 Å². The molecule has 2 rings (SSSR count). The maximum Gasteiger partial charge on any atom is -0.0274 e. The molecule has 0 aliphatic heterocycles. The zero-order valence-electron chi connectivity index (χ0n) is 12.0. The first kappa shape index (κ1) is 13.1. The molecule has 0 heterocycles. The van der Waals surface area contributed by atoms with Crippen LogP contribution in [-0.4, -0.2) is 13.1 Å². The Labute approximate surface area is 107 Å². The second-order valence-corrected chi connectivity index (χ2v) is 6.84. The van der Waals surface area contributed by atoms with Crippen molar-refractivity contribution in [2.24, 2.45) is 23.2 Å². The molecule has 1 nitrogen and oxygen atoms in total. The summed E-state index contributed by atoms with van der Waals surface area (Å²) in [5, 5.41) is 4.77. The van der Waals surface area contributed by atoms with Crippen molar-refractivity contribution in [2.75, 3.05) is 7.05 Å². The largest absolute Gasteiger partial charge is 0.662 e. The van der Waals surface area contributed by atoms with E-state index in [1.165, 1.54) is 37.7 Å². The van der Waals surface area contributed by atoms with E-state index in [1.54, 1.807) is 0 Å². The van der Waals surface area contributed by atoms with E-state index in [2.05, 4.69) is 27.4 Å². The van der Waals surface area contributed by atoms with Gasteiger partial charge in [0.1, 0.15) is 0 Å². The van der Waals surface area contributed by atoms with Crippen LogP contribution in [0.4, 0.5) is 0 Å². The summed E-state index contributed by atoms with van der Waals surface area (Å²) in [4.78, 5) is 0. The van der Waals surface area contributed by atoms with Crippen LogP contribution in [0.1, 0.15) is 52.9 Å². The zero-order valence-corrected chi connectivity index (χ0v) is 12.0. The third-order valence-corrected chi connectivity index (χ3v) is 5.42. The monoisotopic (exact) mass is 234 g/mol. The van der Waals surface area contributed by atoms with Crippen LogP contribution in [0.5, 0.6) is 0 Å². The summed E-state index contributed by atoms with van der Waals surface area (Å²) < 4.78 is 0. The first-order valence-corrected chi connectivity index (χ1v) is 7.26. The molecule has 17 heavy (non-hydrogen) atoms. The van der Waals surface area contributed by atoms with Gasteiger partial charge in [-0.05, 0) is 42.9 Å². The first-order chi connectivity index (χ1) is 7.99. The van der Waals surface area contributed by atoms with Crippen molar-refractivity contribution >= 4 is 0 Å². The highest BCUT2D eigenvalue weighted by Crippen LogP contribution is 2.55. The van der Waals surface area contributed by atoms with Crippen LogP contribution in [0, 0.1) is 23.2 Å². The molecule has 1 heteroatoms. The Morgan fingerprint density at radius 2 is 2.06 bits per heavy atom. The van der Waals surface area contributed by atoms with Crippen LogP contribution in [0.25, 0.3) is 5.32 Å². The Hall–Kier alpha value is -0.300. The topological polar surface area (TPSA) is 14.1 Å². The molecule has 0 aromatic heterocycles. The smallest absolute Gasteiger partial charge is 0.0274 e. The van der Waals surface area contributed by atoms with Crippen LogP contribution in [-0.2, 0) is 0 Å². The summed E-state index contributed by atoms with van der Waals surface area (Å²) in [7, 11) is 2.02. The lowest BCUT2D eigenvalue weighted by molar-refractivity contribution is 0.0482. The molecule has 2 fully saturated rings. The lowest BCUT2D eigenvalue weighted by Crippen LogP contribution is -2.48. The summed E-state index contributed by atoms with van der Waals surface area (Å²) in [5.74, 6) is 2.18. The van der Waals surface area contributed by atoms with E-state index >= 15 is 0 Å². The number of rotatable bonds is 2. The molecule has 0 N–H and O–H groups in total. The number of nitrogens with zero attached hydrogens (tertiary/aromatic N) is 1. The maximum absolute atomic E-state index is 4.77. The maximum atomic E-state index is 4.77. The van der Waals surface area contributed by atoms with Gasteiger partial charge in [0.25, 0.3) is 0 Å². The molecule has 98 valence electrons. The van der Waals surface area contributed by atoms with Crippen LogP contribution in [0.15, 0.2) is 12.2 Å². The molecular formula is C16H28N-. The molecule has 2 aliphatic carbocycles. The van der Waals surface area contributed by atoms with Crippen LogP contribution in [0.3, 0.4) is 0 Å². The SMILES string of the molecule is C=C1CCCC2(C)CCC(C(C)C)C([N-]C)C12. The summed E-state index contributed by atoms with van der Waals surface area (Å²) in [6, 6.07) is 0.529.